The van der Waals surface area contributed by atoms with Gasteiger partial charge < -0.3 is 5.10 Å². The van der Waals surface area contributed by atoms with Crippen LogP contribution in [-0.2, 0) is 11.2 Å². The average Bonchev–Trinajstić information content (AvgIpc) is 2.85. The molecule has 0 atom stereocenters. The number of aromatic amines is 2. The monoisotopic (exact) mass is 270 g/mol. The van der Waals surface area contributed by atoms with Gasteiger partial charge in [0.1, 0.15) is 0 Å². The third kappa shape index (κ3) is 4.41. The summed E-state index contributed by atoms with van der Waals surface area (Å²) in [5.74, 6) is -0.301. The molecule has 3 N–H and O–H groups in total. The summed E-state index contributed by atoms with van der Waals surface area (Å²) in [6.07, 6.45) is 5.16. The SMILES string of the molecule is O=C(Cc1cc(=O)[nH][nH]1)N/N=C\C=C\c1ccccc1. The summed E-state index contributed by atoms with van der Waals surface area (Å²) in [6.45, 7) is 0. The zero-order valence-corrected chi connectivity index (χ0v) is 10.7. The molecule has 0 unspecified atom stereocenters. The minimum absolute atomic E-state index is 0.0679. The number of hydrogen-bond acceptors (Lipinski definition) is 3. The molecule has 2 aromatic rings. The zero-order chi connectivity index (χ0) is 14.2. The highest BCUT2D eigenvalue weighted by atomic mass is 16.2. The summed E-state index contributed by atoms with van der Waals surface area (Å²) in [5.41, 5.74) is 3.68. The quantitative estimate of drug-likeness (QED) is 0.560. The third-order valence-electron chi connectivity index (χ3n) is 2.44. The van der Waals surface area contributed by atoms with Crippen LogP contribution in [0.3, 0.4) is 0 Å². The number of allylic oxidation sites excluding steroid dienone is 1. The molecular formula is C14H14N4O2. The first-order chi connectivity index (χ1) is 9.74. The molecule has 1 aromatic heterocycles. The van der Waals surface area contributed by atoms with Gasteiger partial charge in [0.2, 0.25) is 5.91 Å². The van der Waals surface area contributed by atoms with Gasteiger partial charge in [-0.15, -0.1) is 0 Å². The molecule has 0 aliphatic heterocycles. The van der Waals surface area contributed by atoms with Crippen LogP contribution in [-0.4, -0.2) is 22.3 Å². The topological polar surface area (TPSA) is 90.1 Å². The number of aromatic nitrogens is 2. The molecule has 0 saturated carbocycles. The molecule has 0 fully saturated rings. The third-order valence-corrected chi connectivity index (χ3v) is 2.44. The van der Waals surface area contributed by atoms with E-state index in [4.69, 9.17) is 0 Å². The van der Waals surface area contributed by atoms with E-state index < -0.39 is 0 Å². The van der Waals surface area contributed by atoms with Crippen LogP contribution < -0.4 is 11.0 Å². The van der Waals surface area contributed by atoms with Gasteiger partial charge in [-0.05, 0) is 11.6 Å². The molecule has 1 aromatic carbocycles. The standard InChI is InChI=1S/C14H14N4O2/c19-13(9-12-10-14(20)18-16-12)17-15-8-4-7-11-5-2-1-3-6-11/h1-8,10H,9H2,(H,17,19)(H2,16,18,20)/b7-4+,15-8-. The number of carbonyl (C=O) groups excluding carboxylic acids is 1. The second-order valence-electron chi connectivity index (χ2n) is 4.04. The Labute approximate surface area is 115 Å². The number of nitrogens with one attached hydrogen (secondary N) is 3. The van der Waals surface area contributed by atoms with E-state index in [0.717, 1.165) is 5.56 Å². The minimum Gasteiger partial charge on any atom is -0.302 e. The fourth-order valence-electron chi connectivity index (χ4n) is 1.55. The van der Waals surface area contributed by atoms with Crippen molar-refractivity contribution in [2.24, 2.45) is 5.10 Å². The molecular weight excluding hydrogens is 256 g/mol. The Balaban J connectivity index is 1.77. The Morgan fingerprint density at radius 3 is 2.75 bits per heavy atom. The van der Waals surface area contributed by atoms with Crippen LogP contribution in [0.2, 0.25) is 0 Å². The van der Waals surface area contributed by atoms with Gasteiger partial charge in [0.15, 0.2) is 0 Å². The van der Waals surface area contributed by atoms with Crippen LogP contribution >= 0.6 is 0 Å². The second-order valence-corrected chi connectivity index (χ2v) is 4.04. The Morgan fingerprint density at radius 2 is 2.05 bits per heavy atom. The van der Waals surface area contributed by atoms with Gasteiger partial charge in [0.25, 0.3) is 5.56 Å². The smallest absolute Gasteiger partial charge is 0.264 e. The van der Waals surface area contributed by atoms with Crippen molar-refractivity contribution in [3.05, 3.63) is 64.1 Å². The lowest BCUT2D eigenvalue weighted by molar-refractivity contribution is -0.120. The molecule has 0 radical (unpaired) electrons. The van der Waals surface area contributed by atoms with Gasteiger partial charge in [-0.3, -0.25) is 14.7 Å². The fourth-order valence-corrected chi connectivity index (χ4v) is 1.55. The number of H-pyrrole nitrogens is 2. The van der Waals surface area contributed by atoms with Crippen LogP contribution in [0.25, 0.3) is 6.08 Å². The van der Waals surface area contributed by atoms with E-state index in [0.29, 0.717) is 5.69 Å². The van der Waals surface area contributed by atoms with E-state index in [9.17, 15) is 9.59 Å². The van der Waals surface area contributed by atoms with Crippen LogP contribution in [0, 0.1) is 0 Å². The molecule has 1 heterocycles. The Bertz CT molecular complexity index is 668. The molecule has 0 saturated heterocycles. The molecule has 102 valence electrons. The number of carbonyl (C=O) groups is 1. The first kappa shape index (κ1) is 13.5. The maximum absolute atomic E-state index is 11.5. The number of nitrogens with zero attached hydrogens (tertiary/aromatic N) is 1. The average molecular weight is 270 g/mol. The molecule has 0 spiro atoms. The molecule has 6 nitrogen and oxygen atoms in total. The number of benzene rings is 1. The molecule has 6 heteroatoms. The van der Waals surface area contributed by atoms with Gasteiger partial charge in [0.05, 0.1) is 6.42 Å². The molecule has 0 aliphatic carbocycles. The van der Waals surface area contributed by atoms with E-state index >= 15 is 0 Å². The highest BCUT2D eigenvalue weighted by molar-refractivity contribution is 5.82. The van der Waals surface area contributed by atoms with Crippen LogP contribution in [0.1, 0.15) is 11.3 Å². The van der Waals surface area contributed by atoms with Crippen LogP contribution in [0.5, 0.6) is 0 Å². The number of rotatable bonds is 5. The molecule has 20 heavy (non-hydrogen) atoms. The Kier molecular flexibility index (Phi) is 4.66. The van der Waals surface area contributed by atoms with Crippen molar-refractivity contribution in [2.45, 2.75) is 6.42 Å². The molecule has 0 bridgehead atoms. The Morgan fingerprint density at radius 1 is 1.25 bits per heavy atom. The highest BCUT2D eigenvalue weighted by Gasteiger charge is 2.03. The predicted molar refractivity (Wildman–Crippen MR) is 77.2 cm³/mol. The second kappa shape index (κ2) is 6.89. The van der Waals surface area contributed by atoms with Crippen molar-refractivity contribution in [1.29, 1.82) is 0 Å². The lowest BCUT2D eigenvalue weighted by Crippen LogP contribution is -2.19. The zero-order valence-electron chi connectivity index (χ0n) is 10.7. The predicted octanol–water partition coefficient (Wildman–Crippen LogP) is 1.06. The summed E-state index contributed by atoms with van der Waals surface area (Å²) in [4.78, 5) is 22.3. The largest absolute Gasteiger partial charge is 0.302 e. The van der Waals surface area contributed by atoms with E-state index in [2.05, 4.69) is 20.7 Å². The number of hydrazone groups is 1. The van der Waals surface area contributed by atoms with Crippen LogP contribution in [0.4, 0.5) is 0 Å². The van der Waals surface area contributed by atoms with Crippen molar-refractivity contribution >= 4 is 18.2 Å². The maximum Gasteiger partial charge on any atom is 0.264 e. The minimum atomic E-state index is -0.301. The lowest BCUT2D eigenvalue weighted by Gasteiger charge is -1.95. The summed E-state index contributed by atoms with van der Waals surface area (Å²) < 4.78 is 0. The van der Waals surface area contributed by atoms with E-state index in [1.807, 2.05) is 36.4 Å². The molecule has 0 aliphatic rings. The Hall–Kier alpha value is -2.89. The van der Waals surface area contributed by atoms with Gasteiger partial charge in [-0.25, -0.2) is 5.43 Å². The van der Waals surface area contributed by atoms with Crippen molar-refractivity contribution < 1.29 is 4.79 Å². The lowest BCUT2D eigenvalue weighted by atomic mass is 10.2. The van der Waals surface area contributed by atoms with Gasteiger partial charge in [0, 0.05) is 18.0 Å². The first-order valence-corrected chi connectivity index (χ1v) is 6.04. The number of amides is 1. The normalized spacial score (nSPS) is 11.2. The molecule has 1 amide bonds. The van der Waals surface area contributed by atoms with Gasteiger partial charge in [-0.1, -0.05) is 36.4 Å². The van der Waals surface area contributed by atoms with E-state index in [1.54, 1.807) is 6.08 Å². The van der Waals surface area contributed by atoms with Gasteiger partial charge >= 0.3 is 0 Å². The number of hydrogen-bond donors (Lipinski definition) is 3. The molecule has 2 rings (SSSR count). The summed E-state index contributed by atoms with van der Waals surface area (Å²) in [6, 6.07) is 11.1. The summed E-state index contributed by atoms with van der Waals surface area (Å²) in [5, 5.41) is 8.73. The van der Waals surface area contributed by atoms with Crippen molar-refractivity contribution in [2.75, 3.05) is 0 Å². The summed E-state index contributed by atoms with van der Waals surface area (Å²) >= 11 is 0. The van der Waals surface area contributed by atoms with E-state index in [-0.39, 0.29) is 17.9 Å². The van der Waals surface area contributed by atoms with Crippen molar-refractivity contribution in [3.63, 3.8) is 0 Å². The summed E-state index contributed by atoms with van der Waals surface area (Å²) in [7, 11) is 0. The maximum atomic E-state index is 11.5. The van der Waals surface area contributed by atoms with E-state index in [1.165, 1.54) is 12.3 Å². The van der Waals surface area contributed by atoms with Gasteiger partial charge in [-0.2, -0.15) is 5.10 Å². The van der Waals surface area contributed by atoms with Crippen molar-refractivity contribution in [1.82, 2.24) is 15.6 Å². The highest BCUT2D eigenvalue weighted by Crippen LogP contribution is 1.99. The fraction of sp³-hybridized carbons (Fsp3) is 0.0714. The van der Waals surface area contributed by atoms with Crippen LogP contribution in [0.15, 0.2) is 52.4 Å². The first-order valence-electron chi connectivity index (χ1n) is 6.04. The van der Waals surface area contributed by atoms with Crippen molar-refractivity contribution in [3.8, 4) is 0 Å².